The molecule has 2 amide bonds. The second-order valence-corrected chi connectivity index (χ2v) is 7.36. The molecule has 0 unspecified atom stereocenters. The van der Waals surface area contributed by atoms with Crippen LogP contribution in [-0.2, 0) is 16.0 Å². The zero-order valence-electron chi connectivity index (χ0n) is 17.0. The average molecular weight is 375 g/mol. The van der Waals surface area contributed by atoms with Crippen molar-refractivity contribution in [2.24, 2.45) is 5.92 Å². The Labute approximate surface area is 163 Å². The summed E-state index contributed by atoms with van der Waals surface area (Å²) in [4.78, 5) is 26.5. The molecule has 0 saturated carbocycles. The summed E-state index contributed by atoms with van der Waals surface area (Å²) >= 11 is 0. The Bertz CT molecular complexity index is 588. The standard InChI is InChI=1S/C22H34N2O3/c1-4-7-17-8-10-20(11-9-17)27-16-21(25)23-19-12-14-24(15-13-19)22(26)18(5-2)6-3/h8-11,18-19H,4-7,12-16H2,1-3H3,(H,23,25). The molecule has 0 atom stereocenters. The maximum atomic E-state index is 12.4. The Morgan fingerprint density at radius 1 is 1.11 bits per heavy atom. The normalized spacial score (nSPS) is 15.0. The number of amides is 2. The summed E-state index contributed by atoms with van der Waals surface area (Å²) in [6.07, 6.45) is 5.57. The number of likely N-dealkylation sites (tertiary alicyclic amines) is 1. The van der Waals surface area contributed by atoms with Crippen molar-refractivity contribution in [1.29, 1.82) is 0 Å². The van der Waals surface area contributed by atoms with Crippen LogP contribution in [0.15, 0.2) is 24.3 Å². The van der Waals surface area contributed by atoms with E-state index in [0.29, 0.717) is 0 Å². The predicted octanol–water partition coefficient (Wildman–Crippen LogP) is 3.56. The Kier molecular flexibility index (Phi) is 8.62. The van der Waals surface area contributed by atoms with Gasteiger partial charge in [-0.05, 0) is 49.8 Å². The van der Waals surface area contributed by atoms with Crippen molar-refractivity contribution >= 4 is 11.8 Å². The van der Waals surface area contributed by atoms with Gasteiger partial charge in [-0.1, -0.05) is 39.3 Å². The van der Waals surface area contributed by atoms with E-state index in [2.05, 4.69) is 26.1 Å². The van der Waals surface area contributed by atoms with Crippen LogP contribution in [0.4, 0.5) is 0 Å². The van der Waals surface area contributed by atoms with E-state index in [-0.39, 0.29) is 30.4 Å². The molecule has 0 aromatic heterocycles. The van der Waals surface area contributed by atoms with Crippen LogP contribution in [0.1, 0.15) is 58.4 Å². The molecule has 27 heavy (non-hydrogen) atoms. The number of piperidine rings is 1. The summed E-state index contributed by atoms with van der Waals surface area (Å²) in [7, 11) is 0. The maximum Gasteiger partial charge on any atom is 0.258 e. The van der Waals surface area contributed by atoms with Crippen LogP contribution in [0.25, 0.3) is 0 Å². The predicted molar refractivity (Wildman–Crippen MR) is 108 cm³/mol. The van der Waals surface area contributed by atoms with Crippen molar-refractivity contribution in [2.75, 3.05) is 19.7 Å². The van der Waals surface area contributed by atoms with Crippen molar-refractivity contribution in [1.82, 2.24) is 10.2 Å². The molecule has 150 valence electrons. The third kappa shape index (κ3) is 6.56. The first-order valence-electron chi connectivity index (χ1n) is 10.4. The first-order chi connectivity index (χ1) is 13.1. The largest absolute Gasteiger partial charge is 0.484 e. The zero-order valence-corrected chi connectivity index (χ0v) is 17.0. The number of hydrogen-bond donors (Lipinski definition) is 1. The lowest BCUT2D eigenvalue weighted by molar-refractivity contribution is -0.137. The molecular weight excluding hydrogens is 340 g/mol. The number of rotatable bonds is 9. The van der Waals surface area contributed by atoms with E-state index in [4.69, 9.17) is 4.74 Å². The third-order valence-corrected chi connectivity index (χ3v) is 5.34. The van der Waals surface area contributed by atoms with Gasteiger partial charge in [-0.2, -0.15) is 0 Å². The summed E-state index contributed by atoms with van der Waals surface area (Å²) in [6, 6.07) is 8.05. The average Bonchev–Trinajstić information content (AvgIpc) is 2.69. The summed E-state index contributed by atoms with van der Waals surface area (Å²) in [5.41, 5.74) is 1.28. The van der Waals surface area contributed by atoms with E-state index in [1.807, 2.05) is 29.2 Å². The smallest absolute Gasteiger partial charge is 0.258 e. The van der Waals surface area contributed by atoms with Crippen LogP contribution >= 0.6 is 0 Å². The monoisotopic (exact) mass is 374 g/mol. The fourth-order valence-corrected chi connectivity index (χ4v) is 3.60. The number of benzene rings is 1. The summed E-state index contributed by atoms with van der Waals surface area (Å²) in [6.45, 7) is 7.76. The number of ether oxygens (including phenoxy) is 1. The van der Waals surface area contributed by atoms with Crippen molar-refractivity contribution in [3.05, 3.63) is 29.8 Å². The van der Waals surface area contributed by atoms with E-state index in [0.717, 1.165) is 57.4 Å². The third-order valence-electron chi connectivity index (χ3n) is 5.34. The first kappa shape index (κ1) is 21.3. The van der Waals surface area contributed by atoms with Gasteiger partial charge in [0.1, 0.15) is 5.75 Å². The Morgan fingerprint density at radius 2 is 1.74 bits per heavy atom. The van der Waals surface area contributed by atoms with Gasteiger partial charge in [0.25, 0.3) is 5.91 Å². The minimum atomic E-state index is -0.0996. The van der Waals surface area contributed by atoms with E-state index in [9.17, 15) is 9.59 Å². The van der Waals surface area contributed by atoms with E-state index < -0.39 is 0 Å². The topological polar surface area (TPSA) is 58.6 Å². The highest BCUT2D eigenvalue weighted by atomic mass is 16.5. The number of carbonyl (C=O) groups excluding carboxylic acids is 2. The van der Waals surface area contributed by atoms with E-state index in [1.165, 1.54) is 5.56 Å². The highest BCUT2D eigenvalue weighted by Gasteiger charge is 2.27. The van der Waals surface area contributed by atoms with Crippen LogP contribution in [-0.4, -0.2) is 42.5 Å². The van der Waals surface area contributed by atoms with Gasteiger partial charge in [-0.25, -0.2) is 0 Å². The van der Waals surface area contributed by atoms with E-state index >= 15 is 0 Å². The van der Waals surface area contributed by atoms with Gasteiger partial charge in [-0.15, -0.1) is 0 Å². The molecule has 1 aliphatic heterocycles. The van der Waals surface area contributed by atoms with Crippen LogP contribution < -0.4 is 10.1 Å². The molecule has 1 fully saturated rings. The van der Waals surface area contributed by atoms with Crippen molar-refractivity contribution < 1.29 is 14.3 Å². The van der Waals surface area contributed by atoms with Gasteiger partial charge in [-0.3, -0.25) is 9.59 Å². The lowest BCUT2D eigenvalue weighted by Crippen LogP contribution is -2.48. The lowest BCUT2D eigenvalue weighted by atomic mass is 9.98. The summed E-state index contributed by atoms with van der Waals surface area (Å²) in [5.74, 6) is 1.01. The molecule has 5 heteroatoms. The van der Waals surface area contributed by atoms with Crippen molar-refractivity contribution in [3.63, 3.8) is 0 Å². The summed E-state index contributed by atoms with van der Waals surface area (Å²) in [5, 5.41) is 3.04. The summed E-state index contributed by atoms with van der Waals surface area (Å²) < 4.78 is 5.59. The molecule has 5 nitrogen and oxygen atoms in total. The van der Waals surface area contributed by atoms with E-state index in [1.54, 1.807) is 0 Å². The molecule has 1 N–H and O–H groups in total. The molecule has 1 aromatic rings. The number of hydrogen-bond acceptors (Lipinski definition) is 3. The fraction of sp³-hybridized carbons (Fsp3) is 0.636. The van der Waals surface area contributed by atoms with Gasteiger partial charge in [0.2, 0.25) is 5.91 Å². The SMILES string of the molecule is CCCc1ccc(OCC(=O)NC2CCN(C(=O)C(CC)CC)CC2)cc1. The molecule has 1 heterocycles. The maximum absolute atomic E-state index is 12.4. The van der Waals surface area contributed by atoms with Gasteiger partial charge in [0, 0.05) is 25.0 Å². The van der Waals surface area contributed by atoms with Gasteiger partial charge in [0.15, 0.2) is 6.61 Å². The molecule has 2 rings (SSSR count). The molecule has 0 aliphatic carbocycles. The quantitative estimate of drug-likeness (QED) is 0.719. The number of carbonyl (C=O) groups is 2. The highest BCUT2D eigenvalue weighted by molar-refractivity contribution is 5.79. The molecule has 1 aromatic carbocycles. The van der Waals surface area contributed by atoms with Gasteiger partial charge >= 0.3 is 0 Å². The molecule has 0 bridgehead atoms. The Balaban J connectivity index is 1.70. The van der Waals surface area contributed by atoms with Crippen LogP contribution in [0, 0.1) is 5.92 Å². The van der Waals surface area contributed by atoms with Crippen molar-refractivity contribution in [3.8, 4) is 5.75 Å². The van der Waals surface area contributed by atoms with Crippen LogP contribution in [0.5, 0.6) is 5.75 Å². The molecule has 0 radical (unpaired) electrons. The second-order valence-electron chi connectivity index (χ2n) is 7.36. The van der Waals surface area contributed by atoms with Crippen LogP contribution in [0.2, 0.25) is 0 Å². The highest BCUT2D eigenvalue weighted by Crippen LogP contribution is 2.17. The molecular formula is C22H34N2O3. The van der Waals surface area contributed by atoms with Crippen molar-refractivity contribution in [2.45, 2.75) is 65.3 Å². The lowest BCUT2D eigenvalue weighted by Gasteiger charge is -2.34. The fourth-order valence-electron chi connectivity index (χ4n) is 3.60. The Morgan fingerprint density at radius 3 is 2.30 bits per heavy atom. The number of nitrogens with one attached hydrogen (secondary N) is 1. The molecule has 0 spiro atoms. The second kappa shape index (κ2) is 11.0. The first-order valence-corrected chi connectivity index (χ1v) is 10.4. The van der Waals surface area contributed by atoms with Crippen LogP contribution in [0.3, 0.4) is 0 Å². The van der Waals surface area contributed by atoms with Gasteiger partial charge < -0.3 is 15.0 Å². The minimum Gasteiger partial charge on any atom is -0.484 e. The minimum absolute atomic E-state index is 0.0278. The van der Waals surface area contributed by atoms with Gasteiger partial charge in [0.05, 0.1) is 0 Å². The molecule has 1 aliphatic rings. The molecule has 1 saturated heterocycles. The number of aryl methyl sites for hydroxylation is 1. The Hall–Kier alpha value is -2.04. The number of nitrogens with zero attached hydrogens (tertiary/aromatic N) is 1. The zero-order chi connectivity index (χ0) is 19.6.